The van der Waals surface area contributed by atoms with Gasteiger partial charge in [-0.2, -0.15) is 0 Å². The van der Waals surface area contributed by atoms with Crippen molar-refractivity contribution in [1.29, 1.82) is 0 Å². The zero-order valence-electron chi connectivity index (χ0n) is 12.5. The van der Waals surface area contributed by atoms with E-state index in [1.54, 1.807) is 0 Å². The van der Waals surface area contributed by atoms with E-state index in [9.17, 15) is 14.7 Å². The topological polar surface area (TPSA) is 81.1 Å². The average Bonchev–Trinajstić information content (AvgIpc) is 2.47. The minimum Gasteiger partial charge on any atom is -0.481 e. The maximum absolute atomic E-state index is 12.0. The normalized spacial score (nSPS) is 25.0. The van der Waals surface area contributed by atoms with Crippen molar-refractivity contribution in [3.05, 3.63) is 0 Å². The molecule has 6 nitrogen and oxygen atoms in total. The average molecular weight is 298 g/mol. The van der Waals surface area contributed by atoms with E-state index >= 15 is 0 Å². The number of hydrogen-bond donors (Lipinski definition) is 2. The van der Waals surface area contributed by atoms with Gasteiger partial charge < -0.3 is 15.1 Å². The molecule has 2 aliphatic heterocycles. The van der Waals surface area contributed by atoms with Gasteiger partial charge in [0.2, 0.25) is 5.91 Å². The first kappa shape index (κ1) is 16.2. The second-order valence-electron chi connectivity index (χ2n) is 6.15. The number of aliphatic carboxylic acids is 1. The Morgan fingerprint density at radius 1 is 1.05 bits per heavy atom. The molecule has 2 saturated heterocycles. The number of piperidine rings is 2. The smallest absolute Gasteiger partial charge is 0.303 e. The molecule has 0 spiro atoms. The fourth-order valence-corrected chi connectivity index (χ4v) is 3.34. The summed E-state index contributed by atoms with van der Waals surface area (Å²) in [5.74, 6) is -0.765. The Bertz CT molecular complexity index is 367. The summed E-state index contributed by atoms with van der Waals surface area (Å²) >= 11 is 0. The minimum atomic E-state index is -0.842. The summed E-state index contributed by atoms with van der Waals surface area (Å²) < 4.78 is 0. The summed E-state index contributed by atoms with van der Waals surface area (Å²) in [7, 11) is 0. The molecule has 1 atom stereocenters. The fourth-order valence-electron chi connectivity index (χ4n) is 3.34. The number of amides is 1. The number of hydrogen-bond acceptors (Lipinski definition) is 4. The van der Waals surface area contributed by atoms with E-state index in [0.717, 1.165) is 51.9 Å². The van der Waals surface area contributed by atoms with Crippen LogP contribution in [0, 0.1) is 0 Å². The monoisotopic (exact) mass is 298 g/mol. The molecule has 0 saturated carbocycles. The lowest BCUT2D eigenvalue weighted by atomic mass is 9.98. The van der Waals surface area contributed by atoms with Gasteiger partial charge in [0, 0.05) is 38.5 Å². The van der Waals surface area contributed by atoms with Gasteiger partial charge in [0.15, 0.2) is 0 Å². The molecule has 2 N–H and O–H groups in total. The first-order valence-electron chi connectivity index (χ1n) is 7.98. The van der Waals surface area contributed by atoms with E-state index in [4.69, 9.17) is 5.11 Å². The van der Waals surface area contributed by atoms with E-state index < -0.39 is 5.97 Å². The summed E-state index contributed by atoms with van der Waals surface area (Å²) in [4.78, 5) is 26.7. The summed E-state index contributed by atoms with van der Waals surface area (Å²) in [5.41, 5.74) is 0. The second-order valence-corrected chi connectivity index (χ2v) is 6.15. The quantitative estimate of drug-likeness (QED) is 0.780. The minimum absolute atomic E-state index is 0.0634. The van der Waals surface area contributed by atoms with Crippen LogP contribution in [0.4, 0.5) is 0 Å². The lowest BCUT2D eigenvalue weighted by Crippen LogP contribution is -2.50. The summed E-state index contributed by atoms with van der Waals surface area (Å²) in [6.07, 6.45) is 4.48. The lowest BCUT2D eigenvalue weighted by Gasteiger charge is -2.41. The third-order valence-electron chi connectivity index (χ3n) is 4.54. The number of likely N-dealkylation sites (tertiary alicyclic amines) is 2. The van der Waals surface area contributed by atoms with E-state index in [1.165, 1.54) is 0 Å². The highest BCUT2D eigenvalue weighted by molar-refractivity contribution is 5.77. The Labute approximate surface area is 125 Å². The molecule has 0 aliphatic carbocycles. The highest BCUT2D eigenvalue weighted by atomic mass is 16.4. The Hall–Kier alpha value is -1.14. The van der Waals surface area contributed by atoms with Crippen molar-refractivity contribution in [3.8, 4) is 0 Å². The number of carboxylic acid groups (broad SMARTS) is 1. The molecule has 2 heterocycles. The number of carbonyl (C=O) groups is 2. The summed E-state index contributed by atoms with van der Waals surface area (Å²) in [6.45, 7) is 3.32. The van der Waals surface area contributed by atoms with Crippen LogP contribution in [0.3, 0.4) is 0 Å². The van der Waals surface area contributed by atoms with Crippen LogP contribution in [-0.4, -0.2) is 70.2 Å². The molecule has 0 radical (unpaired) electrons. The van der Waals surface area contributed by atoms with Crippen molar-refractivity contribution in [1.82, 2.24) is 9.80 Å². The highest BCUT2D eigenvalue weighted by Gasteiger charge is 2.29. The third kappa shape index (κ3) is 4.97. The van der Waals surface area contributed by atoms with E-state index in [1.807, 2.05) is 4.90 Å². The van der Waals surface area contributed by atoms with Crippen LogP contribution in [0.15, 0.2) is 0 Å². The van der Waals surface area contributed by atoms with E-state index in [2.05, 4.69) is 4.90 Å². The van der Waals surface area contributed by atoms with Crippen LogP contribution >= 0.6 is 0 Å². The van der Waals surface area contributed by atoms with Crippen LogP contribution in [-0.2, 0) is 9.59 Å². The molecule has 1 amide bonds. The molecule has 0 aromatic rings. The molecular formula is C15H26N2O4. The predicted octanol–water partition coefficient (Wildman–Crippen LogP) is 0.689. The third-order valence-corrected chi connectivity index (χ3v) is 4.54. The van der Waals surface area contributed by atoms with Crippen molar-refractivity contribution in [2.24, 2.45) is 0 Å². The maximum atomic E-state index is 12.0. The summed E-state index contributed by atoms with van der Waals surface area (Å²) in [6, 6.07) is 0.475. The first-order chi connectivity index (χ1) is 10.1. The molecule has 21 heavy (non-hydrogen) atoms. The van der Waals surface area contributed by atoms with Gasteiger partial charge in [0.25, 0.3) is 0 Å². The number of carboxylic acids is 1. The SMILES string of the molecule is O=C(O)CCCC(=O)N1CCC(N2CCC[C@H](O)C2)CC1. The predicted molar refractivity (Wildman–Crippen MR) is 77.9 cm³/mol. The van der Waals surface area contributed by atoms with E-state index in [0.29, 0.717) is 18.9 Å². The van der Waals surface area contributed by atoms with E-state index in [-0.39, 0.29) is 18.4 Å². The molecule has 0 aromatic heterocycles. The number of nitrogens with zero attached hydrogens (tertiary/aromatic N) is 2. The molecule has 0 bridgehead atoms. The summed E-state index contributed by atoms with van der Waals surface area (Å²) in [5, 5.41) is 18.3. The largest absolute Gasteiger partial charge is 0.481 e. The number of aliphatic hydroxyl groups is 1. The van der Waals surface area contributed by atoms with Crippen LogP contribution < -0.4 is 0 Å². The van der Waals surface area contributed by atoms with Gasteiger partial charge in [0.1, 0.15) is 0 Å². The van der Waals surface area contributed by atoms with Crippen LogP contribution in [0.2, 0.25) is 0 Å². The van der Waals surface area contributed by atoms with Gasteiger partial charge in [-0.25, -0.2) is 0 Å². The number of β-amino-alcohol motifs (C(OH)–C–C–N with tert-alkyl or cyclic N) is 1. The molecule has 2 rings (SSSR count). The van der Waals surface area contributed by atoms with Gasteiger partial charge in [0.05, 0.1) is 6.10 Å². The Balaban J connectivity index is 1.70. The van der Waals surface area contributed by atoms with Gasteiger partial charge in [-0.1, -0.05) is 0 Å². The second kappa shape index (κ2) is 7.75. The zero-order chi connectivity index (χ0) is 15.2. The Morgan fingerprint density at radius 2 is 1.76 bits per heavy atom. The van der Waals surface area contributed by atoms with Crippen LogP contribution in [0.5, 0.6) is 0 Å². The van der Waals surface area contributed by atoms with Crippen LogP contribution in [0.1, 0.15) is 44.9 Å². The standard InChI is InChI=1S/C15H26N2O4/c18-13-3-2-8-17(11-13)12-6-9-16(10-7-12)14(19)4-1-5-15(20)21/h12-13,18H,1-11H2,(H,20,21)/t13-/m0/s1. The van der Waals surface area contributed by atoms with Crippen molar-refractivity contribution in [3.63, 3.8) is 0 Å². The molecule has 0 aromatic carbocycles. The van der Waals surface area contributed by atoms with Crippen molar-refractivity contribution in [2.75, 3.05) is 26.2 Å². The first-order valence-corrected chi connectivity index (χ1v) is 7.98. The zero-order valence-corrected chi connectivity index (χ0v) is 12.5. The van der Waals surface area contributed by atoms with Crippen molar-refractivity contribution >= 4 is 11.9 Å². The fraction of sp³-hybridized carbons (Fsp3) is 0.867. The number of carbonyl (C=O) groups excluding carboxylic acids is 1. The Morgan fingerprint density at radius 3 is 2.38 bits per heavy atom. The van der Waals surface area contributed by atoms with Crippen LogP contribution in [0.25, 0.3) is 0 Å². The number of rotatable bonds is 5. The Kier molecular flexibility index (Phi) is 5.99. The molecule has 2 aliphatic rings. The highest BCUT2D eigenvalue weighted by Crippen LogP contribution is 2.21. The maximum Gasteiger partial charge on any atom is 0.303 e. The number of aliphatic hydroxyl groups excluding tert-OH is 1. The van der Waals surface area contributed by atoms with Gasteiger partial charge >= 0.3 is 5.97 Å². The molecule has 6 heteroatoms. The van der Waals surface area contributed by atoms with Crippen molar-refractivity contribution < 1.29 is 19.8 Å². The van der Waals surface area contributed by atoms with Gasteiger partial charge in [-0.15, -0.1) is 0 Å². The molecule has 120 valence electrons. The van der Waals surface area contributed by atoms with Crippen molar-refractivity contribution in [2.45, 2.75) is 57.1 Å². The molecular weight excluding hydrogens is 272 g/mol. The molecule has 0 unspecified atom stereocenters. The lowest BCUT2D eigenvalue weighted by molar-refractivity contribution is -0.137. The van der Waals surface area contributed by atoms with Gasteiger partial charge in [-0.3, -0.25) is 14.5 Å². The van der Waals surface area contributed by atoms with Gasteiger partial charge in [-0.05, 0) is 38.6 Å². The molecule has 2 fully saturated rings.